The van der Waals surface area contributed by atoms with Crippen LogP contribution in [-0.2, 0) is 13.6 Å². The van der Waals surface area contributed by atoms with Crippen LogP contribution >= 0.6 is 11.6 Å². The first-order chi connectivity index (χ1) is 7.65. The van der Waals surface area contributed by atoms with Gasteiger partial charge in [-0.1, -0.05) is 11.6 Å². The normalized spacial score (nSPS) is 10.4. The summed E-state index contributed by atoms with van der Waals surface area (Å²) in [7, 11) is 1.84. The Hall–Kier alpha value is -1.55. The lowest BCUT2D eigenvalue weighted by Crippen LogP contribution is -2.02. The smallest absolute Gasteiger partial charge is 0.146 e. The third kappa shape index (κ3) is 2.52. The number of aryl methyl sites for hydroxylation is 1. The van der Waals surface area contributed by atoms with E-state index in [1.54, 1.807) is 10.7 Å². The Kier molecular flexibility index (Phi) is 3.10. The molecule has 5 heteroatoms. The lowest BCUT2D eigenvalue weighted by molar-refractivity contribution is 0.630. The Balaban J connectivity index is 2.07. The largest absolute Gasteiger partial charge is 0.377 e. The van der Waals surface area contributed by atoms with Crippen molar-refractivity contribution in [3.63, 3.8) is 0 Å². The van der Waals surface area contributed by atoms with Gasteiger partial charge in [0.05, 0.1) is 17.9 Å². The highest BCUT2D eigenvalue weighted by atomic mass is 35.5. The Bertz CT molecular complexity index is 496. The summed E-state index contributed by atoms with van der Waals surface area (Å²) in [5.74, 6) is -0.319. The quantitative estimate of drug-likeness (QED) is 0.893. The van der Waals surface area contributed by atoms with Gasteiger partial charge in [-0.05, 0) is 24.3 Å². The average Bonchev–Trinajstić information content (AvgIpc) is 2.66. The molecule has 1 heterocycles. The number of nitrogens with one attached hydrogen (secondary N) is 1. The van der Waals surface area contributed by atoms with E-state index in [4.69, 9.17) is 11.6 Å². The van der Waals surface area contributed by atoms with Crippen molar-refractivity contribution >= 4 is 17.3 Å². The zero-order chi connectivity index (χ0) is 11.5. The molecule has 84 valence electrons. The van der Waals surface area contributed by atoms with E-state index in [9.17, 15) is 4.39 Å². The van der Waals surface area contributed by atoms with E-state index in [0.29, 0.717) is 17.3 Å². The predicted molar refractivity (Wildman–Crippen MR) is 61.9 cm³/mol. The number of aromatic nitrogens is 2. The third-order valence-corrected chi connectivity index (χ3v) is 2.39. The van der Waals surface area contributed by atoms with E-state index in [-0.39, 0.29) is 5.82 Å². The average molecular weight is 240 g/mol. The molecule has 3 nitrogen and oxygen atoms in total. The summed E-state index contributed by atoms with van der Waals surface area (Å²) >= 11 is 5.78. The van der Waals surface area contributed by atoms with Crippen molar-refractivity contribution in [1.29, 1.82) is 0 Å². The van der Waals surface area contributed by atoms with Crippen LogP contribution in [0.1, 0.15) is 5.69 Å². The van der Waals surface area contributed by atoms with Gasteiger partial charge in [-0.2, -0.15) is 5.10 Å². The first-order valence-corrected chi connectivity index (χ1v) is 5.20. The summed E-state index contributed by atoms with van der Waals surface area (Å²) in [4.78, 5) is 0. The lowest BCUT2D eigenvalue weighted by Gasteiger charge is -2.05. The van der Waals surface area contributed by atoms with E-state index in [1.807, 2.05) is 19.3 Å². The Labute approximate surface area is 97.8 Å². The van der Waals surface area contributed by atoms with Crippen molar-refractivity contribution < 1.29 is 4.39 Å². The molecule has 0 unspecified atom stereocenters. The summed E-state index contributed by atoms with van der Waals surface area (Å²) in [6.07, 6.45) is 1.84. The van der Waals surface area contributed by atoms with Crippen LogP contribution in [0.4, 0.5) is 10.1 Å². The second-order valence-corrected chi connectivity index (χ2v) is 3.89. The molecule has 2 rings (SSSR count). The molecule has 0 saturated heterocycles. The van der Waals surface area contributed by atoms with E-state index in [1.165, 1.54) is 12.1 Å². The summed E-state index contributed by atoms with van der Waals surface area (Å²) in [5.41, 5.74) is 1.24. The maximum atomic E-state index is 13.3. The van der Waals surface area contributed by atoms with Crippen molar-refractivity contribution in [2.75, 3.05) is 5.32 Å². The fourth-order valence-electron chi connectivity index (χ4n) is 1.38. The minimum Gasteiger partial charge on any atom is -0.377 e. The number of nitrogens with zero attached hydrogens (tertiary/aromatic N) is 2. The van der Waals surface area contributed by atoms with Gasteiger partial charge in [0.1, 0.15) is 5.82 Å². The van der Waals surface area contributed by atoms with Crippen LogP contribution in [0, 0.1) is 5.82 Å². The Morgan fingerprint density at radius 2 is 2.25 bits per heavy atom. The summed E-state index contributed by atoms with van der Waals surface area (Å²) in [6.45, 7) is 0.470. The predicted octanol–water partition coefficient (Wildman–Crippen LogP) is 2.82. The zero-order valence-electron chi connectivity index (χ0n) is 8.74. The minimum atomic E-state index is -0.319. The second-order valence-electron chi connectivity index (χ2n) is 3.46. The van der Waals surface area contributed by atoms with Gasteiger partial charge in [-0.15, -0.1) is 0 Å². The van der Waals surface area contributed by atoms with Crippen LogP contribution in [0.3, 0.4) is 0 Å². The van der Waals surface area contributed by atoms with Crippen molar-refractivity contribution in [3.8, 4) is 0 Å². The Morgan fingerprint density at radius 3 is 2.94 bits per heavy atom. The molecular formula is C11H11ClFN3. The van der Waals surface area contributed by atoms with Crippen LogP contribution < -0.4 is 5.32 Å². The molecular weight excluding hydrogens is 229 g/mol. The lowest BCUT2D eigenvalue weighted by atomic mass is 10.3. The van der Waals surface area contributed by atoms with Gasteiger partial charge in [0.25, 0.3) is 0 Å². The number of benzene rings is 1. The SMILES string of the molecule is Cn1ccc(CNc2cc(Cl)ccc2F)n1. The van der Waals surface area contributed by atoms with Crippen molar-refractivity contribution in [1.82, 2.24) is 9.78 Å². The molecule has 16 heavy (non-hydrogen) atoms. The Morgan fingerprint density at radius 1 is 1.44 bits per heavy atom. The zero-order valence-corrected chi connectivity index (χ0v) is 9.50. The van der Waals surface area contributed by atoms with E-state index in [0.717, 1.165) is 5.69 Å². The van der Waals surface area contributed by atoms with E-state index < -0.39 is 0 Å². The molecule has 1 aromatic carbocycles. The molecule has 0 saturated carbocycles. The number of rotatable bonds is 3. The first kappa shape index (κ1) is 11.0. The fourth-order valence-corrected chi connectivity index (χ4v) is 1.55. The molecule has 0 radical (unpaired) electrons. The number of anilines is 1. The van der Waals surface area contributed by atoms with E-state index in [2.05, 4.69) is 10.4 Å². The summed E-state index contributed by atoms with van der Waals surface area (Å²) in [6, 6.07) is 6.28. The van der Waals surface area contributed by atoms with Crippen LogP contribution in [0.5, 0.6) is 0 Å². The molecule has 2 aromatic rings. The maximum absolute atomic E-state index is 13.3. The molecule has 1 aromatic heterocycles. The van der Waals surface area contributed by atoms with Crippen LogP contribution in [0.2, 0.25) is 5.02 Å². The monoisotopic (exact) mass is 239 g/mol. The highest BCUT2D eigenvalue weighted by Gasteiger charge is 2.03. The number of halogens is 2. The second kappa shape index (κ2) is 4.53. The highest BCUT2D eigenvalue weighted by molar-refractivity contribution is 6.30. The van der Waals surface area contributed by atoms with Crippen LogP contribution in [0.15, 0.2) is 30.5 Å². The van der Waals surface area contributed by atoms with Crippen molar-refractivity contribution in [2.24, 2.45) is 7.05 Å². The van der Waals surface area contributed by atoms with Crippen LogP contribution in [0.25, 0.3) is 0 Å². The maximum Gasteiger partial charge on any atom is 0.146 e. The first-order valence-electron chi connectivity index (χ1n) is 4.82. The summed E-state index contributed by atoms with van der Waals surface area (Å²) < 4.78 is 15.0. The molecule has 0 aliphatic heterocycles. The fraction of sp³-hybridized carbons (Fsp3) is 0.182. The molecule has 0 aliphatic rings. The van der Waals surface area contributed by atoms with Gasteiger partial charge < -0.3 is 5.32 Å². The standard InChI is InChI=1S/C11H11ClFN3/c1-16-5-4-9(15-16)7-14-11-6-8(12)2-3-10(11)13/h2-6,14H,7H2,1H3. The molecule has 0 aliphatic carbocycles. The molecule has 1 N–H and O–H groups in total. The third-order valence-electron chi connectivity index (χ3n) is 2.16. The number of hydrogen-bond acceptors (Lipinski definition) is 2. The van der Waals surface area contributed by atoms with Gasteiger partial charge >= 0.3 is 0 Å². The topological polar surface area (TPSA) is 29.9 Å². The summed E-state index contributed by atoms with van der Waals surface area (Å²) in [5, 5.41) is 7.63. The van der Waals surface area contributed by atoms with Gasteiger partial charge in [0, 0.05) is 18.3 Å². The van der Waals surface area contributed by atoms with Crippen LogP contribution in [-0.4, -0.2) is 9.78 Å². The van der Waals surface area contributed by atoms with Crippen molar-refractivity contribution in [3.05, 3.63) is 47.0 Å². The van der Waals surface area contributed by atoms with Gasteiger partial charge in [-0.25, -0.2) is 4.39 Å². The van der Waals surface area contributed by atoms with Gasteiger partial charge in [0.2, 0.25) is 0 Å². The molecule has 0 bridgehead atoms. The number of hydrogen-bond donors (Lipinski definition) is 1. The molecule has 0 atom stereocenters. The molecule has 0 fully saturated rings. The highest BCUT2D eigenvalue weighted by Crippen LogP contribution is 2.19. The van der Waals surface area contributed by atoms with E-state index >= 15 is 0 Å². The minimum absolute atomic E-state index is 0.319. The molecule has 0 spiro atoms. The van der Waals surface area contributed by atoms with Gasteiger partial charge in [-0.3, -0.25) is 4.68 Å². The molecule has 0 amide bonds. The van der Waals surface area contributed by atoms with Crippen molar-refractivity contribution in [2.45, 2.75) is 6.54 Å². The van der Waals surface area contributed by atoms with Gasteiger partial charge in [0.15, 0.2) is 0 Å².